The zero-order valence-electron chi connectivity index (χ0n) is 8.27. The van der Waals surface area contributed by atoms with Crippen LogP contribution < -0.4 is 0 Å². The third-order valence-electron chi connectivity index (χ3n) is 1.26. The molecule has 0 aliphatic carbocycles. The van der Waals surface area contributed by atoms with Crippen molar-refractivity contribution >= 4 is 7.99 Å². The quantitative estimate of drug-likeness (QED) is 0.477. The molecule has 1 atom stereocenters. The first-order valence-corrected chi connectivity index (χ1v) is 5.19. The second-order valence-corrected chi connectivity index (χ2v) is 3.62. The molecule has 0 rings (SSSR count). The van der Waals surface area contributed by atoms with Gasteiger partial charge in [-0.1, -0.05) is 6.08 Å². The molecule has 18 heavy (non-hydrogen) atoms. The average Bonchev–Trinajstić information content (AvgIpc) is 1.97. The van der Waals surface area contributed by atoms with Crippen molar-refractivity contribution in [2.75, 3.05) is 0 Å². The van der Waals surface area contributed by atoms with E-state index in [0.717, 1.165) is 0 Å². The van der Waals surface area contributed by atoms with E-state index >= 15 is 0 Å². The summed E-state index contributed by atoms with van der Waals surface area (Å²) < 4.78 is 100.0. The lowest BCUT2D eigenvalue weighted by molar-refractivity contribution is -0.384. The Hall–Kier alpha value is -0.670. The Morgan fingerprint density at radius 3 is 1.56 bits per heavy atom. The molecule has 0 aromatic heterocycles. The minimum absolute atomic E-state index is 0.385. The molecular formula is C6H7F8O3P. The second-order valence-electron chi connectivity index (χ2n) is 2.75. The van der Waals surface area contributed by atoms with Crippen LogP contribution in [-0.4, -0.2) is 28.0 Å². The molecule has 0 amide bonds. The van der Waals surface area contributed by atoms with Gasteiger partial charge < -0.3 is 5.11 Å². The van der Waals surface area contributed by atoms with Crippen molar-refractivity contribution in [3.63, 3.8) is 0 Å². The summed E-state index contributed by atoms with van der Waals surface area (Å²) in [5.41, 5.74) is 0. The van der Waals surface area contributed by atoms with Crippen LogP contribution >= 0.6 is 7.99 Å². The third-order valence-corrected chi connectivity index (χ3v) is 1.26. The molecule has 1 unspecified atom stereocenters. The first kappa shape index (κ1) is 19.7. The van der Waals surface area contributed by atoms with Crippen molar-refractivity contribution in [1.82, 2.24) is 0 Å². The molecule has 0 bridgehead atoms. The molecule has 0 radical (unpaired) electrons. The summed E-state index contributed by atoms with van der Waals surface area (Å²) in [4.78, 5) is 6.74. The molecule has 12 heteroatoms. The van der Waals surface area contributed by atoms with Crippen LogP contribution in [0.2, 0.25) is 0 Å². The van der Waals surface area contributed by atoms with E-state index in [4.69, 9.17) is 14.6 Å². The molecule has 0 aromatic carbocycles. The summed E-state index contributed by atoms with van der Waals surface area (Å²) in [6.07, 6.45) is -7.24. The maximum Gasteiger partial charge on any atom is 0.549 e. The van der Waals surface area contributed by atoms with Crippen LogP contribution in [0.15, 0.2) is 12.7 Å². The standard InChI is InChI=1S/C6H6F6O.F2HO2P/c1-2-3-4(7,8)5(9,13)6(10,11)12;1-5(2,3)4/h2,13H,1,3H2;(H,3,4). The van der Waals surface area contributed by atoms with Crippen LogP contribution in [0.1, 0.15) is 6.42 Å². The van der Waals surface area contributed by atoms with Crippen molar-refractivity contribution in [3.8, 4) is 0 Å². The van der Waals surface area contributed by atoms with Gasteiger partial charge >= 0.3 is 25.9 Å². The smallest absolute Gasteiger partial charge is 0.350 e. The van der Waals surface area contributed by atoms with Crippen LogP contribution in [0.4, 0.5) is 34.7 Å². The summed E-state index contributed by atoms with van der Waals surface area (Å²) in [7, 11) is -5.64. The van der Waals surface area contributed by atoms with E-state index in [1.807, 2.05) is 0 Å². The molecule has 0 aliphatic rings. The van der Waals surface area contributed by atoms with Gasteiger partial charge in [0.2, 0.25) is 0 Å². The third kappa shape index (κ3) is 6.92. The summed E-state index contributed by atoms with van der Waals surface area (Å²) in [6, 6.07) is 0. The summed E-state index contributed by atoms with van der Waals surface area (Å²) in [5.74, 6) is -10.4. The maximum atomic E-state index is 12.3. The Bertz CT molecular complexity index is 311. The summed E-state index contributed by atoms with van der Waals surface area (Å²) in [5, 5.41) is 7.92. The van der Waals surface area contributed by atoms with Gasteiger partial charge in [-0.15, -0.1) is 15.0 Å². The van der Waals surface area contributed by atoms with E-state index in [1.165, 1.54) is 0 Å². The van der Waals surface area contributed by atoms with Crippen molar-refractivity contribution in [2.24, 2.45) is 0 Å². The van der Waals surface area contributed by atoms with Crippen LogP contribution in [0.5, 0.6) is 0 Å². The number of alkyl halides is 6. The molecule has 0 fully saturated rings. The number of hydrogen-bond acceptors (Lipinski definition) is 2. The van der Waals surface area contributed by atoms with Gasteiger partial charge in [0.1, 0.15) is 0 Å². The zero-order chi connectivity index (χ0) is 15.4. The number of rotatable bonds is 3. The minimum atomic E-state index is -6.03. The van der Waals surface area contributed by atoms with Gasteiger partial charge in [0.25, 0.3) is 0 Å². The fraction of sp³-hybridized carbons (Fsp3) is 0.667. The van der Waals surface area contributed by atoms with E-state index in [1.54, 1.807) is 0 Å². The van der Waals surface area contributed by atoms with Gasteiger partial charge in [-0.25, -0.2) is 4.57 Å². The Kier molecular flexibility index (Phi) is 6.53. The predicted octanol–water partition coefficient (Wildman–Crippen LogP) is 3.44. The van der Waals surface area contributed by atoms with Gasteiger partial charge in [-0.2, -0.15) is 26.3 Å². The Balaban J connectivity index is 0. The van der Waals surface area contributed by atoms with Gasteiger partial charge in [0.05, 0.1) is 0 Å². The molecule has 0 saturated heterocycles. The molecule has 0 aliphatic heterocycles. The highest BCUT2D eigenvalue weighted by atomic mass is 31.2. The molecule has 110 valence electrons. The monoisotopic (exact) mass is 310 g/mol. The lowest BCUT2D eigenvalue weighted by Gasteiger charge is -2.29. The maximum absolute atomic E-state index is 12.3. The van der Waals surface area contributed by atoms with Crippen LogP contribution in [0, 0.1) is 0 Å². The SMILES string of the molecule is C=CCC(F)(F)C(O)(F)C(F)(F)F.O=P(O)(F)F. The average molecular weight is 310 g/mol. The Morgan fingerprint density at radius 2 is 1.39 bits per heavy atom. The van der Waals surface area contributed by atoms with Gasteiger partial charge in [0, 0.05) is 6.42 Å². The highest BCUT2D eigenvalue weighted by Crippen LogP contribution is 2.45. The van der Waals surface area contributed by atoms with Crippen molar-refractivity contribution in [2.45, 2.75) is 24.4 Å². The molecule has 0 heterocycles. The van der Waals surface area contributed by atoms with Crippen LogP contribution in [0.25, 0.3) is 0 Å². The molecule has 0 saturated carbocycles. The number of hydrogen-bond donors (Lipinski definition) is 2. The van der Waals surface area contributed by atoms with E-state index < -0.39 is 32.4 Å². The van der Waals surface area contributed by atoms with E-state index in [9.17, 15) is 34.7 Å². The predicted molar refractivity (Wildman–Crippen MR) is 43.9 cm³/mol. The number of halogens is 8. The topological polar surface area (TPSA) is 57.5 Å². The minimum Gasteiger partial charge on any atom is -0.350 e. The van der Waals surface area contributed by atoms with Gasteiger partial charge in [-0.3, -0.25) is 4.89 Å². The highest BCUT2D eigenvalue weighted by molar-refractivity contribution is 7.46. The van der Waals surface area contributed by atoms with E-state index in [-0.39, 0.29) is 0 Å². The van der Waals surface area contributed by atoms with Gasteiger partial charge in [0.15, 0.2) is 0 Å². The fourth-order valence-electron chi connectivity index (χ4n) is 0.524. The van der Waals surface area contributed by atoms with Crippen LogP contribution in [-0.2, 0) is 4.57 Å². The largest absolute Gasteiger partial charge is 0.549 e. The molecule has 0 spiro atoms. The molecule has 2 N–H and O–H groups in total. The lowest BCUT2D eigenvalue weighted by atomic mass is 10.1. The van der Waals surface area contributed by atoms with Crippen molar-refractivity contribution < 1.29 is 49.3 Å². The van der Waals surface area contributed by atoms with Crippen molar-refractivity contribution in [3.05, 3.63) is 12.7 Å². The van der Waals surface area contributed by atoms with Crippen LogP contribution in [0.3, 0.4) is 0 Å². The summed E-state index contributed by atoms with van der Waals surface area (Å²) in [6.45, 7) is 2.72. The molecule has 0 aromatic rings. The highest BCUT2D eigenvalue weighted by Gasteiger charge is 2.70. The molecular weight excluding hydrogens is 303 g/mol. The van der Waals surface area contributed by atoms with E-state index in [2.05, 4.69) is 6.58 Å². The van der Waals surface area contributed by atoms with Gasteiger partial charge in [-0.05, 0) is 0 Å². The first-order chi connectivity index (χ1) is 7.56. The first-order valence-electron chi connectivity index (χ1n) is 3.75. The van der Waals surface area contributed by atoms with Crippen molar-refractivity contribution in [1.29, 1.82) is 0 Å². The summed E-state index contributed by atoms with van der Waals surface area (Å²) >= 11 is 0. The number of aliphatic hydroxyl groups is 1. The van der Waals surface area contributed by atoms with E-state index in [0.29, 0.717) is 6.08 Å². The Labute approximate surface area is 95.4 Å². The fourth-order valence-corrected chi connectivity index (χ4v) is 0.524. The number of allylic oxidation sites excluding steroid dienone is 1. The lowest BCUT2D eigenvalue weighted by Crippen LogP contribution is -2.55. The normalized spacial score (nSPS) is 16.3. The molecule has 3 nitrogen and oxygen atoms in total. The Morgan fingerprint density at radius 1 is 1.11 bits per heavy atom. The second kappa shape index (κ2) is 5.98. The zero-order valence-corrected chi connectivity index (χ0v) is 9.16.